The lowest BCUT2D eigenvalue weighted by Crippen LogP contribution is -2.30. The highest BCUT2D eigenvalue weighted by molar-refractivity contribution is 5.71. The predicted octanol–water partition coefficient (Wildman–Crippen LogP) is 20.0. The van der Waals surface area contributed by atoms with Gasteiger partial charge in [-0.15, -0.1) is 0 Å². The van der Waals surface area contributed by atoms with Crippen molar-refractivity contribution in [2.45, 2.75) is 309 Å². The Morgan fingerprint density at radius 1 is 0.290 bits per heavy atom. The Hall–Kier alpha value is -2.89. The molecule has 0 aromatic rings. The van der Waals surface area contributed by atoms with Gasteiger partial charge in [-0.2, -0.15) is 0 Å². The molecule has 0 fully saturated rings. The quantitative estimate of drug-likeness (QED) is 0.0262. The summed E-state index contributed by atoms with van der Waals surface area (Å²) in [7, 11) is 0. The van der Waals surface area contributed by atoms with Crippen molar-refractivity contribution < 1.29 is 28.6 Å². The molecule has 0 unspecified atom stereocenters. The standard InChI is InChI=1S/C63H112O6/c1-4-7-10-13-16-19-22-25-27-29-31-33-35-38-40-43-46-49-52-55-61(64)67-58-60(69-63(66)57-54-51-48-45-42-37-24-21-18-15-12-9-6-3)59-68-62(65)56-53-50-47-44-41-39-36-34-32-30-28-26-23-20-17-14-11-8-5-2/h16,19,25,27,31,33,38,40,46,49,60H,4-15,17-18,20-24,26,28-30,32,34-37,39,41-45,47-48,50-59H2,1-3H3/b19-16-,27-25-,33-31-,40-38-,49-46-/t60-/m1/s1. The SMILES string of the molecule is CCCCC/C=C\C/C=C\C/C=C\C/C=C\C/C=C\CCC(=O)OC[C@H](COC(=O)CCCCCCCCCCCCCCCCCCCCC)OC(=O)CCCCCCCCCCCCCCC. The number of esters is 3. The van der Waals surface area contributed by atoms with Gasteiger partial charge in [0.25, 0.3) is 0 Å². The molecule has 69 heavy (non-hydrogen) atoms. The molecule has 0 aliphatic heterocycles. The molecule has 6 nitrogen and oxygen atoms in total. The molecular formula is C63H112O6. The zero-order valence-corrected chi connectivity index (χ0v) is 45.8. The Balaban J connectivity index is 4.41. The summed E-state index contributed by atoms with van der Waals surface area (Å²) in [6.45, 7) is 6.59. The number of unbranched alkanes of at least 4 members (excludes halogenated alkanes) is 33. The van der Waals surface area contributed by atoms with E-state index < -0.39 is 6.10 Å². The third kappa shape index (κ3) is 55.9. The second-order valence-corrected chi connectivity index (χ2v) is 19.9. The minimum atomic E-state index is -0.800. The Bertz CT molecular complexity index is 1250. The molecule has 0 heterocycles. The first-order valence-electron chi connectivity index (χ1n) is 29.8. The van der Waals surface area contributed by atoms with E-state index in [0.717, 1.165) is 64.2 Å². The molecule has 0 rings (SSSR count). The molecule has 1 atom stereocenters. The van der Waals surface area contributed by atoms with Crippen LogP contribution in [-0.2, 0) is 28.6 Å². The number of ether oxygens (including phenoxy) is 3. The maximum Gasteiger partial charge on any atom is 0.306 e. The van der Waals surface area contributed by atoms with Gasteiger partial charge in [-0.3, -0.25) is 14.4 Å². The largest absolute Gasteiger partial charge is 0.462 e. The zero-order valence-electron chi connectivity index (χ0n) is 45.8. The van der Waals surface area contributed by atoms with E-state index in [9.17, 15) is 14.4 Å². The number of carbonyl (C=O) groups is 3. The number of rotatable bonds is 54. The molecule has 400 valence electrons. The van der Waals surface area contributed by atoms with E-state index in [-0.39, 0.29) is 37.5 Å². The molecule has 0 radical (unpaired) electrons. The lowest BCUT2D eigenvalue weighted by Gasteiger charge is -2.18. The van der Waals surface area contributed by atoms with Crippen molar-refractivity contribution in [2.24, 2.45) is 0 Å². The van der Waals surface area contributed by atoms with Gasteiger partial charge in [-0.1, -0.05) is 287 Å². The highest BCUT2D eigenvalue weighted by Crippen LogP contribution is 2.17. The van der Waals surface area contributed by atoms with Crippen molar-refractivity contribution in [2.75, 3.05) is 13.2 Å². The maximum atomic E-state index is 12.8. The maximum absolute atomic E-state index is 12.8. The molecule has 0 amide bonds. The van der Waals surface area contributed by atoms with Crippen molar-refractivity contribution in [3.63, 3.8) is 0 Å². The van der Waals surface area contributed by atoms with Gasteiger partial charge in [-0.05, 0) is 57.8 Å². The van der Waals surface area contributed by atoms with Crippen LogP contribution in [0.3, 0.4) is 0 Å². The van der Waals surface area contributed by atoms with Gasteiger partial charge in [0.05, 0.1) is 0 Å². The smallest absolute Gasteiger partial charge is 0.306 e. The fourth-order valence-electron chi connectivity index (χ4n) is 8.55. The van der Waals surface area contributed by atoms with Crippen LogP contribution in [0.15, 0.2) is 60.8 Å². The molecule has 0 aliphatic rings. The summed E-state index contributed by atoms with van der Waals surface area (Å²) < 4.78 is 16.8. The van der Waals surface area contributed by atoms with E-state index in [2.05, 4.69) is 75.5 Å². The summed E-state index contributed by atoms with van der Waals surface area (Å²) in [5, 5.41) is 0. The van der Waals surface area contributed by atoms with E-state index in [1.165, 1.54) is 193 Å². The zero-order chi connectivity index (χ0) is 50.0. The number of carbonyl (C=O) groups excluding carboxylic acids is 3. The van der Waals surface area contributed by atoms with Gasteiger partial charge in [0, 0.05) is 19.3 Å². The highest BCUT2D eigenvalue weighted by atomic mass is 16.6. The minimum absolute atomic E-state index is 0.0927. The van der Waals surface area contributed by atoms with Crippen LogP contribution in [0.25, 0.3) is 0 Å². The molecule has 0 aliphatic carbocycles. The average Bonchev–Trinajstić information content (AvgIpc) is 3.35. The van der Waals surface area contributed by atoms with Crippen molar-refractivity contribution in [1.82, 2.24) is 0 Å². The molecular weight excluding hydrogens is 853 g/mol. The molecule has 0 N–H and O–H groups in total. The summed E-state index contributed by atoms with van der Waals surface area (Å²) >= 11 is 0. The lowest BCUT2D eigenvalue weighted by atomic mass is 10.0. The van der Waals surface area contributed by atoms with Gasteiger partial charge in [0.1, 0.15) is 13.2 Å². The van der Waals surface area contributed by atoms with Gasteiger partial charge >= 0.3 is 17.9 Å². The number of hydrogen-bond donors (Lipinski definition) is 0. The first-order chi connectivity index (χ1) is 34.0. The van der Waals surface area contributed by atoms with Gasteiger partial charge < -0.3 is 14.2 Å². The van der Waals surface area contributed by atoms with Gasteiger partial charge in [0.15, 0.2) is 6.10 Å². The van der Waals surface area contributed by atoms with Crippen LogP contribution in [0.4, 0.5) is 0 Å². The fourth-order valence-corrected chi connectivity index (χ4v) is 8.55. The van der Waals surface area contributed by atoms with Crippen LogP contribution in [0.5, 0.6) is 0 Å². The van der Waals surface area contributed by atoms with Crippen LogP contribution < -0.4 is 0 Å². The van der Waals surface area contributed by atoms with E-state index in [1.54, 1.807) is 0 Å². The molecule has 6 heteroatoms. The predicted molar refractivity (Wildman–Crippen MR) is 298 cm³/mol. The van der Waals surface area contributed by atoms with Crippen LogP contribution in [0.2, 0.25) is 0 Å². The number of allylic oxidation sites excluding steroid dienone is 10. The molecule has 0 aromatic carbocycles. The lowest BCUT2D eigenvalue weighted by molar-refractivity contribution is -0.166. The Morgan fingerprint density at radius 3 is 0.899 bits per heavy atom. The topological polar surface area (TPSA) is 78.9 Å². The fraction of sp³-hybridized carbons (Fsp3) is 0.794. The van der Waals surface area contributed by atoms with Crippen LogP contribution in [0, 0.1) is 0 Å². The molecule has 0 bridgehead atoms. The third-order valence-electron chi connectivity index (χ3n) is 13.0. The van der Waals surface area contributed by atoms with Gasteiger partial charge in [-0.25, -0.2) is 0 Å². The Kier molecular flexibility index (Phi) is 55.3. The second-order valence-electron chi connectivity index (χ2n) is 19.9. The monoisotopic (exact) mass is 965 g/mol. The minimum Gasteiger partial charge on any atom is -0.462 e. The van der Waals surface area contributed by atoms with E-state index in [4.69, 9.17) is 14.2 Å². The Labute approximate surface area is 428 Å². The van der Waals surface area contributed by atoms with Crippen molar-refractivity contribution in [3.05, 3.63) is 60.8 Å². The van der Waals surface area contributed by atoms with Crippen LogP contribution in [0.1, 0.15) is 303 Å². The van der Waals surface area contributed by atoms with E-state index in [0.29, 0.717) is 19.3 Å². The third-order valence-corrected chi connectivity index (χ3v) is 13.0. The summed E-state index contributed by atoms with van der Waals surface area (Å²) in [6.07, 6.45) is 72.3. The average molecular weight is 966 g/mol. The van der Waals surface area contributed by atoms with Crippen LogP contribution >= 0.6 is 0 Å². The highest BCUT2D eigenvalue weighted by Gasteiger charge is 2.19. The van der Waals surface area contributed by atoms with E-state index in [1.807, 2.05) is 6.08 Å². The molecule has 0 aromatic heterocycles. The van der Waals surface area contributed by atoms with Crippen molar-refractivity contribution in [3.8, 4) is 0 Å². The molecule has 0 saturated carbocycles. The molecule has 0 spiro atoms. The van der Waals surface area contributed by atoms with Crippen molar-refractivity contribution in [1.29, 1.82) is 0 Å². The number of hydrogen-bond acceptors (Lipinski definition) is 6. The second kappa shape index (κ2) is 57.7. The van der Waals surface area contributed by atoms with E-state index >= 15 is 0 Å². The summed E-state index contributed by atoms with van der Waals surface area (Å²) in [5.74, 6) is -0.964. The summed E-state index contributed by atoms with van der Waals surface area (Å²) in [5.41, 5.74) is 0. The normalized spacial score (nSPS) is 12.4. The van der Waals surface area contributed by atoms with Crippen molar-refractivity contribution >= 4 is 17.9 Å². The summed E-state index contributed by atoms with van der Waals surface area (Å²) in [6, 6.07) is 0. The summed E-state index contributed by atoms with van der Waals surface area (Å²) in [4.78, 5) is 38.1. The molecule has 0 saturated heterocycles. The van der Waals surface area contributed by atoms with Gasteiger partial charge in [0.2, 0.25) is 0 Å². The van der Waals surface area contributed by atoms with Crippen LogP contribution in [-0.4, -0.2) is 37.2 Å². The Morgan fingerprint density at radius 2 is 0.551 bits per heavy atom. The first kappa shape index (κ1) is 66.1. The first-order valence-corrected chi connectivity index (χ1v) is 29.8.